The van der Waals surface area contributed by atoms with E-state index >= 15 is 0 Å². The summed E-state index contributed by atoms with van der Waals surface area (Å²) in [6.45, 7) is 10.2. The van der Waals surface area contributed by atoms with Gasteiger partial charge in [0.15, 0.2) is 0 Å². The van der Waals surface area contributed by atoms with Crippen molar-refractivity contribution in [3.8, 4) is 11.5 Å². The van der Waals surface area contributed by atoms with Gasteiger partial charge in [0.25, 0.3) is 11.7 Å². The van der Waals surface area contributed by atoms with Gasteiger partial charge in [0.1, 0.15) is 17.3 Å². The topological polar surface area (TPSA) is 88.5 Å². The van der Waals surface area contributed by atoms with Crippen LogP contribution >= 0.6 is 0 Å². The van der Waals surface area contributed by atoms with Crippen molar-refractivity contribution in [3.05, 3.63) is 65.2 Å². The van der Waals surface area contributed by atoms with Gasteiger partial charge in [0.05, 0.1) is 37.5 Å². The first-order valence-corrected chi connectivity index (χ1v) is 12.5. The number of aliphatic hydroxyl groups excluding tert-OH is 1. The van der Waals surface area contributed by atoms with Gasteiger partial charge >= 0.3 is 0 Å². The van der Waals surface area contributed by atoms with E-state index in [-0.39, 0.29) is 17.4 Å². The van der Waals surface area contributed by atoms with Crippen LogP contribution < -0.4 is 9.47 Å². The highest BCUT2D eigenvalue weighted by atomic mass is 16.5. The van der Waals surface area contributed by atoms with Crippen LogP contribution in [0.5, 0.6) is 11.5 Å². The zero-order valence-corrected chi connectivity index (χ0v) is 21.1. The number of hydrogen-bond acceptors (Lipinski definition) is 7. The largest absolute Gasteiger partial charge is 0.507 e. The Hall–Kier alpha value is -3.36. The fourth-order valence-electron chi connectivity index (χ4n) is 4.56. The number of amides is 1. The van der Waals surface area contributed by atoms with Gasteiger partial charge < -0.3 is 24.2 Å². The summed E-state index contributed by atoms with van der Waals surface area (Å²) in [6.07, 6.45) is 0.0228. The number of carbonyl (C=O) groups is 2. The van der Waals surface area contributed by atoms with Gasteiger partial charge in [-0.25, -0.2) is 0 Å². The van der Waals surface area contributed by atoms with Gasteiger partial charge in [-0.2, -0.15) is 0 Å². The van der Waals surface area contributed by atoms with Crippen molar-refractivity contribution in [1.29, 1.82) is 0 Å². The van der Waals surface area contributed by atoms with E-state index in [4.69, 9.17) is 14.2 Å². The van der Waals surface area contributed by atoms with Crippen LogP contribution in [-0.2, 0) is 14.3 Å². The molecule has 0 bridgehead atoms. The number of benzene rings is 2. The quantitative estimate of drug-likeness (QED) is 0.324. The van der Waals surface area contributed by atoms with Crippen LogP contribution in [0.1, 0.15) is 37.9 Å². The molecule has 0 spiro atoms. The van der Waals surface area contributed by atoms with Gasteiger partial charge in [-0.1, -0.05) is 12.1 Å². The lowest BCUT2D eigenvalue weighted by Gasteiger charge is -2.31. The van der Waals surface area contributed by atoms with Crippen LogP contribution in [-0.4, -0.2) is 78.7 Å². The van der Waals surface area contributed by atoms with Crippen molar-refractivity contribution in [1.82, 2.24) is 9.80 Å². The van der Waals surface area contributed by atoms with E-state index < -0.39 is 17.7 Å². The Labute approximate surface area is 212 Å². The van der Waals surface area contributed by atoms with Gasteiger partial charge in [0, 0.05) is 31.7 Å². The zero-order chi connectivity index (χ0) is 25.7. The molecule has 1 amide bonds. The summed E-state index contributed by atoms with van der Waals surface area (Å²) in [4.78, 5) is 30.2. The summed E-state index contributed by atoms with van der Waals surface area (Å²) in [7, 11) is 0. The maximum Gasteiger partial charge on any atom is 0.295 e. The Balaban J connectivity index is 1.70. The molecule has 2 saturated heterocycles. The molecule has 0 aromatic heterocycles. The van der Waals surface area contributed by atoms with Crippen molar-refractivity contribution >= 4 is 17.4 Å². The predicted octanol–water partition coefficient (Wildman–Crippen LogP) is 3.63. The lowest BCUT2D eigenvalue weighted by molar-refractivity contribution is -0.140. The summed E-state index contributed by atoms with van der Waals surface area (Å²) in [5.74, 6) is -0.125. The van der Waals surface area contributed by atoms with Crippen molar-refractivity contribution in [2.45, 2.75) is 32.9 Å². The first-order chi connectivity index (χ1) is 17.4. The number of ether oxygens (including phenoxy) is 3. The van der Waals surface area contributed by atoms with E-state index in [1.54, 1.807) is 29.2 Å². The number of rotatable bonds is 9. The molecule has 0 unspecified atom stereocenters. The van der Waals surface area contributed by atoms with E-state index in [9.17, 15) is 14.7 Å². The summed E-state index contributed by atoms with van der Waals surface area (Å²) in [5, 5.41) is 11.3. The standard InChI is InChI=1S/C28H34N2O6/c1-4-35-22-9-7-21(8-10-22)26(31)24-25(20-5-11-23(12-6-20)36-19(2)3)30(28(33)27(24)32)14-13-29-15-17-34-18-16-29/h5-12,19,25,31H,4,13-18H2,1-3H3/b26-24+/t25-/m0/s1. The molecule has 0 saturated carbocycles. The van der Waals surface area contributed by atoms with Crippen LogP contribution in [0.4, 0.5) is 0 Å². The van der Waals surface area contributed by atoms with Crippen molar-refractivity contribution in [2.75, 3.05) is 46.0 Å². The zero-order valence-electron chi connectivity index (χ0n) is 21.1. The molecule has 4 rings (SSSR count). The Morgan fingerprint density at radius 1 is 1.00 bits per heavy atom. The number of likely N-dealkylation sites (tertiary alicyclic amines) is 1. The summed E-state index contributed by atoms with van der Waals surface area (Å²) >= 11 is 0. The van der Waals surface area contributed by atoms with Crippen LogP contribution in [0.15, 0.2) is 54.1 Å². The Morgan fingerprint density at radius 2 is 1.64 bits per heavy atom. The molecule has 0 aliphatic carbocycles. The third-order valence-electron chi connectivity index (χ3n) is 6.31. The molecule has 2 heterocycles. The molecule has 8 nitrogen and oxygen atoms in total. The Bertz CT molecular complexity index is 1090. The average molecular weight is 495 g/mol. The maximum atomic E-state index is 13.3. The Morgan fingerprint density at radius 3 is 2.25 bits per heavy atom. The van der Waals surface area contributed by atoms with Crippen LogP contribution in [0.25, 0.3) is 5.76 Å². The van der Waals surface area contributed by atoms with Crippen molar-refractivity contribution in [3.63, 3.8) is 0 Å². The molecule has 2 aliphatic heterocycles. The second kappa shape index (κ2) is 11.6. The molecular weight excluding hydrogens is 460 g/mol. The number of ketones is 1. The van der Waals surface area contributed by atoms with Gasteiger partial charge in [-0.05, 0) is 62.7 Å². The lowest BCUT2D eigenvalue weighted by Crippen LogP contribution is -2.42. The SMILES string of the molecule is CCOc1ccc(/C(O)=C2\C(=O)C(=O)N(CCN3CCOCC3)[C@H]2c2ccc(OC(C)C)cc2)cc1. The lowest BCUT2D eigenvalue weighted by atomic mass is 9.95. The van der Waals surface area contributed by atoms with E-state index in [1.165, 1.54) is 0 Å². The molecule has 1 N–H and O–H groups in total. The van der Waals surface area contributed by atoms with Crippen molar-refractivity contribution in [2.24, 2.45) is 0 Å². The Kier molecular flexibility index (Phi) is 8.28. The van der Waals surface area contributed by atoms with Gasteiger partial charge in [-0.15, -0.1) is 0 Å². The number of aliphatic hydroxyl groups is 1. The highest BCUT2D eigenvalue weighted by Crippen LogP contribution is 2.40. The number of nitrogens with zero attached hydrogens (tertiary/aromatic N) is 2. The highest BCUT2D eigenvalue weighted by Gasteiger charge is 2.46. The third-order valence-corrected chi connectivity index (χ3v) is 6.31. The highest BCUT2D eigenvalue weighted by molar-refractivity contribution is 6.46. The fraction of sp³-hybridized carbons (Fsp3) is 0.429. The fourth-order valence-corrected chi connectivity index (χ4v) is 4.56. The molecule has 192 valence electrons. The van der Waals surface area contributed by atoms with E-state index in [0.717, 1.165) is 18.7 Å². The summed E-state index contributed by atoms with van der Waals surface area (Å²) < 4.78 is 16.7. The second-order valence-electron chi connectivity index (χ2n) is 9.14. The second-order valence-corrected chi connectivity index (χ2v) is 9.14. The molecule has 0 radical (unpaired) electrons. The molecule has 36 heavy (non-hydrogen) atoms. The monoisotopic (exact) mass is 494 g/mol. The normalized spacial score (nSPS) is 20.2. The van der Waals surface area contributed by atoms with E-state index in [0.29, 0.717) is 50.0 Å². The van der Waals surface area contributed by atoms with E-state index in [2.05, 4.69) is 4.90 Å². The first-order valence-electron chi connectivity index (χ1n) is 12.5. The van der Waals surface area contributed by atoms with Gasteiger partial charge in [-0.3, -0.25) is 14.5 Å². The summed E-state index contributed by atoms with van der Waals surface area (Å²) in [6, 6.07) is 13.5. The smallest absolute Gasteiger partial charge is 0.295 e. The number of morpholine rings is 1. The first kappa shape index (κ1) is 25.7. The minimum atomic E-state index is -0.703. The summed E-state index contributed by atoms with van der Waals surface area (Å²) in [5.41, 5.74) is 1.28. The maximum absolute atomic E-state index is 13.3. The van der Waals surface area contributed by atoms with Gasteiger partial charge in [0.2, 0.25) is 0 Å². The van der Waals surface area contributed by atoms with Crippen molar-refractivity contribution < 1.29 is 28.9 Å². The molecule has 2 fully saturated rings. The predicted molar refractivity (Wildman–Crippen MR) is 136 cm³/mol. The van der Waals surface area contributed by atoms with E-state index in [1.807, 2.05) is 45.0 Å². The minimum Gasteiger partial charge on any atom is -0.507 e. The molecule has 2 aromatic rings. The minimum absolute atomic E-state index is 0.0228. The molecule has 2 aliphatic rings. The molecule has 2 aromatic carbocycles. The number of carbonyl (C=O) groups excluding carboxylic acids is 2. The molecular formula is C28H34N2O6. The average Bonchev–Trinajstić information content (AvgIpc) is 3.13. The number of hydrogen-bond donors (Lipinski definition) is 1. The van der Waals surface area contributed by atoms with Crippen LogP contribution in [0.3, 0.4) is 0 Å². The number of Topliss-reactive ketones (excluding diaryl/α,β-unsaturated/α-hetero) is 1. The van der Waals surface area contributed by atoms with Crippen LogP contribution in [0, 0.1) is 0 Å². The molecule has 1 atom stereocenters. The molecule has 8 heteroatoms. The van der Waals surface area contributed by atoms with Crippen LogP contribution in [0.2, 0.25) is 0 Å². The third kappa shape index (κ3) is 5.71.